The summed E-state index contributed by atoms with van der Waals surface area (Å²) in [6.45, 7) is 4.79. The Balaban J connectivity index is 1.79. The van der Waals surface area contributed by atoms with Gasteiger partial charge in [-0.1, -0.05) is 17.7 Å². The van der Waals surface area contributed by atoms with Crippen LogP contribution < -0.4 is 15.0 Å². The molecule has 3 aromatic rings. The zero-order valence-corrected chi connectivity index (χ0v) is 23.6. The lowest BCUT2D eigenvalue weighted by molar-refractivity contribution is -0.139. The average Bonchev–Trinajstić information content (AvgIpc) is 2.89. The highest BCUT2D eigenvalue weighted by molar-refractivity contribution is 7.90. The van der Waals surface area contributed by atoms with E-state index in [1.54, 1.807) is 24.8 Å². The van der Waals surface area contributed by atoms with Crippen molar-refractivity contribution >= 4 is 27.4 Å². The number of ether oxygens (including phenoxy) is 1. The Kier molecular flexibility index (Phi) is 8.58. The number of nitriles is 1. The van der Waals surface area contributed by atoms with E-state index in [1.165, 1.54) is 24.3 Å². The summed E-state index contributed by atoms with van der Waals surface area (Å²) >= 11 is 6.45. The Labute approximate surface area is 235 Å². The second-order valence-electron chi connectivity index (χ2n) is 9.67. The SMILES string of the molecule is Cc1cc(C#N)cc(C)c1Oc1nc(N(Cc2ccc(S(C)(=O)=O)cc2Cl)C2CCNCC2)ncc1C(F)(F)F. The Bertz CT molecular complexity index is 1550. The number of piperidine rings is 1. The van der Waals surface area contributed by atoms with Gasteiger partial charge in [-0.2, -0.15) is 23.4 Å². The molecular weight excluding hydrogens is 567 g/mol. The van der Waals surface area contributed by atoms with Gasteiger partial charge in [-0.3, -0.25) is 0 Å². The molecule has 0 unspecified atom stereocenters. The highest BCUT2D eigenvalue weighted by Crippen LogP contribution is 2.40. The van der Waals surface area contributed by atoms with E-state index in [9.17, 15) is 26.9 Å². The standard InChI is InChI=1S/C27H27ClF3N5O3S/c1-16-10-18(13-32)11-17(2)24(16)39-25-22(27(29,30)31)14-34-26(35-25)36(20-6-8-33-9-7-20)15-19-4-5-21(12-23(19)28)40(3,37)38/h4-5,10-12,14,20,33H,6-9,15H2,1-3H3. The first-order valence-electron chi connectivity index (χ1n) is 12.4. The number of benzene rings is 2. The Hall–Kier alpha value is -3.40. The van der Waals surface area contributed by atoms with Crippen LogP contribution in [0.1, 0.15) is 40.7 Å². The van der Waals surface area contributed by atoms with Crippen molar-refractivity contribution in [2.24, 2.45) is 0 Å². The van der Waals surface area contributed by atoms with Crippen molar-refractivity contribution in [3.8, 4) is 17.7 Å². The summed E-state index contributed by atoms with van der Waals surface area (Å²) in [6, 6.07) is 9.32. The third-order valence-electron chi connectivity index (χ3n) is 6.63. The van der Waals surface area contributed by atoms with E-state index in [-0.39, 0.29) is 34.2 Å². The van der Waals surface area contributed by atoms with Gasteiger partial charge in [-0.05, 0) is 80.7 Å². The Morgan fingerprint density at radius 2 is 1.82 bits per heavy atom. The fourth-order valence-corrected chi connectivity index (χ4v) is 5.54. The first kappa shape index (κ1) is 29.6. The summed E-state index contributed by atoms with van der Waals surface area (Å²) in [4.78, 5) is 10.2. The van der Waals surface area contributed by atoms with Crippen molar-refractivity contribution in [1.29, 1.82) is 5.26 Å². The number of alkyl halides is 3. The van der Waals surface area contributed by atoms with E-state index >= 15 is 0 Å². The molecule has 40 heavy (non-hydrogen) atoms. The zero-order valence-electron chi connectivity index (χ0n) is 22.0. The molecule has 2 aromatic carbocycles. The van der Waals surface area contributed by atoms with Crippen LogP contribution in [0, 0.1) is 25.2 Å². The molecule has 1 aliphatic heterocycles. The van der Waals surface area contributed by atoms with Crippen LogP contribution in [0.25, 0.3) is 0 Å². The van der Waals surface area contributed by atoms with E-state index in [2.05, 4.69) is 15.3 Å². The van der Waals surface area contributed by atoms with Crippen molar-refractivity contribution in [1.82, 2.24) is 15.3 Å². The predicted octanol–water partition coefficient (Wildman–Crippen LogP) is 5.59. The van der Waals surface area contributed by atoms with E-state index in [0.717, 1.165) is 6.26 Å². The summed E-state index contributed by atoms with van der Waals surface area (Å²) in [5.41, 5.74) is 0.755. The summed E-state index contributed by atoms with van der Waals surface area (Å²) in [5, 5.41) is 12.7. The summed E-state index contributed by atoms with van der Waals surface area (Å²) in [7, 11) is -3.48. The monoisotopic (exact) mass is 593 g/mol. The topological polar surface area (TPSA) is 108 Å². The molecule has 1 N–H and O–H groups in total. The molecule has 0 bridgehead atoms. The highest BCUT2D eigenvalue weighted by atomic mass is 35.5. The number of aromatic nitrogens is 2. The number of rotatable bonds is 7. The Morgan fingerprint density at radius 1 is 1.18 bits per heavy atom. The second-order valence-corrected chi connectivity index (χ2v) is 12.1. The van der Waals surface area contributed by atoms with Crippen LogP contribution in [0.3, 0.4) is 0 Å². The average molecular weight is 594 g/mol. The molecule has 2 heterocycles. The van der Waals surface area contributed by atoms with E-state index in [1.807, 2.05) is 6.07 Å². The molecule has 0 atom stereocenters. The maximum atomic E-state index is 14.0. The van der Waals surface area contributed by atoms with Crippen LogP contribution in [0.15, 0.2) is 41.4 Å². The zero-order chi connectivity index (χ0) is 29.2. The molecule has 1 saturated heterocycles. The Morgan fingerprint density at radius 3 is 2.38 bits per heavy atom. The molecule has 0 spiro atoms. The van der Waals surface area contributed by atoms with Crippen molar-refractivity contribution < 1.29 is 26.3 Å². The molecule has 1 aliphatic rings. The van der Waals surface area contributed by atoms with Gasteiger partial charge in [0.1, 0.15) is 11.3 Å². The third kappa shape index (κ3) is 6.66. The largest absolute Gasteiger partial charge is 0.438 e. The predicted molar refractivity (Wildman–Crippen MR) is 144 cm³/mol. The van der Waals surface area contributed by atoms with E-state index < -0.39 is 27.5 Å². The maximum absolute atomic E-state index is 14.0. The number of nitrogens with one attached hydrogen (secondary N) is 1. The fourth-order valence-electron chi connectivity index (χ4n) is 4.59. The van der Waals surface area contributed by atoms with E-state index in [0.29, 0.717) is 54.4 Å². The van der Waals surface area contributed by atoms with Crippen molar-refractivity contribution in [3.63, 3.8) is 0 Å². The van der Waals surface area contributed by atoms with Gasteiger partial charge < -0.3 is 15.0 Å². The smallest absolute Gasteiger partial charge is 0.423 e. The van der Waals surface area contributed by atoms with Gasteiger partial charge in [0.15, 0.2) is 9.84 Å². The van der Waals surface area contributed by atoms with Crippen molar-refractivity contribution in [3.05, 3.63) is 69.4 Å². The van der Waals surface area contributed by atoms with Crippen molar-refractivity contribution in [2.45, 2.75) is 50.3 Å². The molecule has 4 rings (SSSR count). The molecule has 1 aromatic heterocycles. The van der Waals surface area contributed by atoms with Gasteiger partial charge in [0.25, 0.3) is 0 Å². The molecule has 0 aliphatic carbocycles. The minimum atomic E-state index is -4.79. The molecule has 8 nitrogen and oxygen atoms in total. The lowest BCUT2D eigenvalue weighted by atomic mass is 10.0. The molecule has 13 heteroatoms. The number of sulfone groups is 1. The van der Waals surface area contributed by atoms with Gasteiger partial charge in [0.05, 0.1) is 16.5 Å². The van der Waals surface area contributed by atoms with Crippen LogP contribution in [-0.2, 0) is 22.6 Å². The van der Waals surface area contributed by atoms with Gasteiger partial charge in [0.2, 0.25) is 11.8 Å². The van der Waals surface area contributed by atoms with Crippen LogP contribution >= 0.6 is 11.6 Å². The highest BCUT2D eigenvalue weighted by Gasteiger charge is 2.37. The van der Waals surface area contributed by atoms with Gasteiger partial charge in [0, 0.05) is 30.1 Å². The van der Waals surface area contributed by atoms with Gasteiger partial charge >= 0.3 is 6.18 Å². The number of hydrogen-bond acceptors (Lipinski definition) is 8. The number of nitrogens with zero attached hydrogens (tertiary/aromatic N) is 4. The number of hydrogen-bond donors (Lipinski definition) is 1. The van der Waals surface area contributed by atoms with Crippen LogP contribution in [0.5, 0.6) is 11.6 Å². The number of anilines is 1. The number of aryl methyl sites for hydroxylation is 2. The van der Waals surface area contributed by atoms with Gasteiger partial charge in [-0.25, -0.2) is 13.4 Å². The third-order valence-corrected chi connectivity index (χ3v) is 8.10. The van der Waals surface area contributed by atoms with Crippen LogP contribution in [0.2, 0.25) is 5.02 Å². The summed E-state index contributed by atoms with van der Waals surface area (Å²) in [5.74, 6) is -0.477. The summed E-state index contributed by atoms with van der Waals surface area (Å²) in [6.07, 6.45) is -1.66. The fraction of sp³-hybridized carbons (Fsp3) is 0.370. The quantitative estimate of drug-likeness (QED) is 0.378. The summed E-state index contributed by atoms with van der Waals surface area (Å²) < 4.78 is 71.7. The molecule has 0 radical (unpaired) electrons. The molecule has 0 saturated carbocycles. The lowest BCUT2D eigenvalue weighted by Crippen LogP contribution is -2.43. The maximum Gasteiger partial charge on any atom is 0.423 e. The van der Waals surface area contributed by atoms with E-state index in [4.69, 9.17) is 16.3 Å². The lowest BCUT2D eigenvalue weighted by Gasteiger charge is -2.35. The van der Waals surface area contributed by atoms with Crippen LogP contribution in [0.4, 0.5) is 19.1 Å². The first-order chi connectivity index (χ1) is 18.8. The van der Waals surface area contributed by atoms with Crippen molar-refractivity contribution in [2.75, 3.05) is 24.2 Å². The molecule has 0 amide bonds. The number of halogens is 4. The minimum absolute atomic E-state index is 0.0158. The molecular formula is C27H27ClF3N5O3S. The second kappa shape index (κ2) is 11.6. The first-order valence-corrected chi connectivity index (χ1v) is 14.6. The molecule has 212 valence electrons. The molecule has 1 fully saturated rings. The normalized spacial score (nSPS) is 14.6. The van der Waals surface area contributed by atoms with Gasteiger partial charge in [-0.15, -0.1) is 0 Å². The van der Waals surface area contributed by atoms with Crippen LogP contribution in [-0.4, -0.2) is 43.8 Å². The minimum Gasteiger partial charge on any atom is -0.438 e.